The smallest absolute Gasteiger partial charge is 0.211 e. The van der Waals surface area contributed by atoms with E-state index in [0.717, 1.165) is 17.9 Å². The van der Waals surface area contributed by atoms with Crippen LogP contribution in [0, 0.1) is 0 Å². The molecule has 0 atom stereocenters. The van der Waals surface area contributed by atoms with Crippen LogP contribution in [0.25, 0.3) is 0 Å². The van der Waals surface area contributed by atoms with Crippen LogP contribution in [-0.2, 0) is 0 Å². The summed E-state index contributed by atoms with van der Waals surface area (Å²) in [6, 6.07) is 7.57. The van der Waals surface area contributed by atoms with E-state index >= 15 is 0 Å². The van der Waals surface area contributed by atoms with E-state index in [-0.39, 0.29) is 5.96 Å². The molecule has 1 aromatic carbocycles. The van der Waals surface area contributed by atoms with Gasteiger partial charge in [0.25, 0.3) is 0 Å². The standard InChI is InChI=1S/C12H19N5O/c1-17(2)7-8-18-11-6-4-3-5-10(11)9-15-16-12(13)14/h3-6,9H,7-8H2,1-2H3,(H4,13,14,16). The molecule has 0 heterocycles. The minimum absolute atomic E-state index is 0.0720. The fourth-order valence-electron chi connectivity index (χ4n) is 1.21. The van der Waals surface area contributed by atoms with Crippen LogP contribution in [0.15, 0.2) is 34.5 Å². The molecule has 1 rings (SSSR count). The summed E-state index contributed by atoms with van der Waals surface area (Å²) in [7, 11) is 3.99. The highest BCUT2D eigenvalue weighted by Crippen LogP contribution is 2.15. The molecule has 0 saturated heterocycles. The molecule has 98 valence electrons. The van der Waals surface area contributed by atoms with Crippen LogP contribution >= 0.6 is 0 Å². The third kappa shape index (κ3) is 5.31. The molecule has 0 aliphatic carbocycles. The molecule has 6 heteroatoms. The van der Waals surface area contributed by atoms with Gasteiger partial charge in [0.1, 0.15) is 12.4 Å². The first-order valence-corrected chi connectivity index (χ1v) is 5.58. The van der Waals surface area contributed by atoms with Crippen LogP contribution < -0.4 is 16.2 Å². The molecule has 0 radical (unpaired) electrons. The second-order valence-electron chi connectivity index (χ2n) is 3.96. The first-order chi connectivity index (χ1) is 8.59. The van der Waals surface area contributed by atoms with E-state index < -0.39 is 0 Å². The SMILES string of the molecule is CN(C)CCOc1ccccc1C=NN=C(N)N. The van der Waals surface area contributed by atoms with Gasteiger partial charge in [-0.1, -0.05) is 12.1 Å². The van der Waals surface area contributed by atoms with Crippen molar-refractivity contribution in [3.63, 3.8) is 0 Å². The maximum atomic E-state index is 5.66. The molecule has 1 aromatic rings. The van der Waals surface area contributed by atoms with Gasteiger partial charge in [-0.2, -0.15) is 5.10 Å². The Balaban J connectivity index is 2.67. The monoisotopic (exact) mass is 249 g/mol. The predicted octanol–water partition coefficient (Wildman–Crippen LogP) is 0.234. The zero-order valence-electron chi connectivity index (χ0n) is 10.7. The van der Waals surface area contributed by atoms with Gasteiger partial charge in [0.2, 0.25) is 5.96 Å². The van der Waals surface area contributed by atoms with Gasteiger partial charge in [-0.05, 0) is 26.2 Å². The maximum Gasteiger partial charge on any atom is 0.211 e. The third-order valence-corrected chi connectivity index (χ3v) is 2.09. The summed E-state index contributed by atoms with van der Waals surface area (Å²) in [5.74, 6) is 0.686. The first kappa shape index (κ1) is 14.0. The third-order valence-electron chi connectivity index (χ3n) is 2.09. The van der Waals surface area contributed by atoms with E-state index in [4.69, 9.17) is 16.2 Å². The summed E-state index contributed by atoms with van der Waals surface area (Å²) in [6.07, 6.45) is 1.56. The van der Waals surface area contributed by atoms with E-state index in [1.165, 1.54) is 0 Å². The predicted molar refractivity (Wildman–Crippen MR) is 73.9 cm³/mol. The quantitative estimate of drug-likeness (QED) is 0.429. The lowest BCUT2D eigenvalue weighted by Gasteiger charge is -2.12. The van der Waals surface area contributed by atoms with Crippen LogP contribution in [0.3, 0.4) is 0 Å². The van der Waals surface area contributed by atoms with Crippen molar-refractivity contribution in [2.24, 2.45) is 21.7 Å². The molecule has 4 N–H and O–H groups in total. The van der Waals surface area contributed by atoms with Gasteiger partial charge < -0.3 is 21.1 Å². The average Bonchev–Trinajstić information content (AvgIpc) is 2.30. The highest BCUT2D eigenvalue weighted by Gasteiger charge is 2.00. The summed E-state index contributed by atoms with van der Waals surface area (Å²) in [4.78, 5) is 2.05. The van der Waals surface area contributed by atoms with E-state index in [1.807, 2.05) is 38.4 Å². The minimum atomic E-state index is -0.0720. The largest absolute Gasteiger partial charge is 0.492 e. The van der Waals surface area contributed by atoms with Crippen LogP contribution in [0.1, 0.15) is 5.56 Å². The highest BCUT2D eigenvalue weighted by atomic mass is 16.5. The van der Waals surface area contributed by atoms with Crippen LogP contribution in [-0.4, -0.2) is 44.3 Å². The molecule has 0 aliphatic rings. The molecule has 18 heavy (non-hydrogen) atoms. The molecule has 0 bridgehead atoms. The average molecular weight is 249 g/mol. The number of ether oxygens (including phenoxy) is 1. The minimum Gasteiger partial charge on any atom is -0.492 e. The zero-order chi connectivity index (χ0) is 13.4. The maximum absolute atomic E-state index is 5.66. The number of likely N-dealkylation sites (N-methyl/N-ethyl adjacent to an activating group) is 1. The molecule has 0 aromatic heterocycles. The van der Waals surface area contributed by atoms with Crippen LogP contribution in [0.5, 0.6) is 5.75 Å². The molecule has 0 amide bonds. The molecular weight excluding hydrogens is 230 g/mol. The van der Waals surface area contributed by atoms with Crippen molar-refractivity contribution in [2.75, 3.05) is 27.2 Å². The second-order valence-corrected chi connectivity index (χ2v) is 3.96. The highest BCUT2D eigenvalue weighted by molar-refractivity contribution is 5.84. The Kier molecular flexibility index (Phi) is 5.66. The van der Waals surface area contributed by atoms with Gasteiger partial charge >= 0.3 is 0 Å². The molecular formula is C12H19N5O. The van der Waals surface area contributed by atoms with Gasteiger partial charge in [-0.15, -0.1) is 5.10 Å². The van der Waals surface area contributed by atoms with Crippen LogP contribution in [0.4, 0.5) is 0 Å². The van der Waals surface area contributed by atoms with E-state index in [2.05, 4.69) is 15.1 Å². The Morgan fingerprint density at radius 1 is 1.33 bits per heavy atom. The number of benzene rings is 1. The fourth-order valence-corrected chi connectivity index (χ4v) is 1.21. The fraction of sp³-hybridized carbons (Fsp3) is 0.333. The van der Waals surface area contributed by atoms with Crippen molar-refractivity contribution in [1.82, 2.24) is 4.90 Å². The Morgan fingerprint density at radius 2 is 2.06 bits per heavy atom. The number of hydrogen-bond acceptors (Lipinski definition) is 4. The van der Waals surface area contributed by atoms with E-state index in [9.17, 15) is 0 Å². The Morgan fingerprint density at radius 3 is 2.72 bits per heavy atom. The van der Waals surface area contributed by atoms with Gasteiger partial charge in [0, 0.05) is 12.1 Å². The van der Waals surface area contributed by atoms with Gasteiger partial charge in [0.05, 0.1) is 6.21 Å². The van der Waals surface area contributed by atoms with Crippen molar-refractivity contribution in [2.45, 2.75) is 0 Å². The van der Waals surface area contributed by atoms with Crippen molar-refractivity contribution >= 4 is 12.2 Å². The summed E-state index contributed by atoms with van der Waals surface area (Å²) in [5, 5.41) is 7.31. The number of guanidine groups is 1. The van der Waals surface area contributed by atoms with Gasteiger partial charge in [0.15, 0.2) is 0 Å². The summed E-state index contributed by atoms with van der Waals surface area (Å²) < 4.78 is 5.66. The van der Waals surface area contributed by atoms with E-state index in [1.54, 1.807) is 6.21 Å². The molecule has 0 fully saturated rings. The Bertz CT molecular complexity index is 424. The molecule has 6 nitrogen and oxygen atoms in total. The Hall–Kier alpha value is -2.08. The number of rotatable bonds is 6. The van der Waals surface area contributed by atoms with Gasteiger partial charge in [-0.25, -0.2) is 0 Å². The number of nitrogens with zero attached hydrogens (tertiary/aromatic N) is 3. The number of hydrogen-bond donors (Lipinski definition) is 2. The lowest BCUT2D eigenvalue weighted by atomic mass is 10.2. The number of nitrogens with two attached hydrogens (primary N) is 2. The van der Waals surface area contributed by atoms with Crippen LogP contribution in [0.2, 0.25) is 0 Å². The van der Waals surface area contributed by atoms with E-state index in [0.29, 0.717) is 6.61 Å². The summed E-state index contributed by atoms with van der Waals surface area (Å²) in [6.45, 7) is 1.46. The topological polar surface area (TPSA) is 89.2 Å². The molecule has 0 saturated carbocycles. The van der Waals surface area contributed by atoms with Crippen molar-refractivity contribution in [3.05, 3.63) is 29.8 Å². The lowest BCUT2D eigenvalue weighted by Crippen LogP contribution is -2.21. The molecule has 0 aliphatic heterocycles. The van der Waals surface area contributed by atoms with Crippen molar-refractivity contribution in [3.8, 4) is 5.75 Å². The molecule has 0 spiro atoms. The van der Waals surface area contributed by atoms with Gasteiger partial charge in [-0.3, -0.25) is 0 Å². The molecule has 0 unspecified atom stereocenters. The normalized spacial score (nSPS) is 10.8. The van der Waals surface area contributed by atoms with Crippen molar-refractivity contribution < 1.29 is 4.74 Å². The lowest BCUT2D eigenvalue weighted by molar-refractivity contribution is 0.261. The summed E-state index contributed by atoms with van der Waals surface area (Å²) >= 11 is 0. The summed E-state index contributed by atoms with van der Waals surface area (Å²) in [5.41, 5.74) is 11.2. The van der Waals surface area contributed by atoms with Crippen molar-refractivity contribution in [1.29, 1.82) is 0 Å². The Labute approximate surface area is 107 Å². The number of para-hydroxylation sites is 1. The second kappa shape index (κ2) is 7.29. The zero-order valence-corrected chi connectivity index (χ0v) is 10.7. The first-order valence-electron chi connectivity index (χ1n) is 5.58.